The van der Waals surface area contributed by atoms with E-state index >= 15 is 0 Å². The van der Waals surface area contributed by atoms with Gasteiger partial charge in [-0.15, -0.1) is 0 Å². The molecule has 0 aliphatic heterocycles. The molecule has 28 heavy (non-hydrogen) atoms. The van der Waals surface area contributed by atoms with Crippen molar-refractivity contribution in [2.45, 2.75) is 39.5 Å². The molecule has 0 atom stereocenters. The molecule has 0 amide bonds. The van der Waals surface area contributed by atoms with Crippen molar-refractivity contribution in [3.8, 4) is 0 Å². The average molecular weight is 454 g/mol. The SMILES string of the molecule is CCC(C)([c-]1cccc1C)[c-]1cccc1C.[Fe+2].[Fe+2].c1cc[cH-]c1.c1cc[cH-]c1. The minimum atomic E-state index is 0. The van der Waals surface area contributed by atoms with Crippen molar-refractivity contribution >= 4 is 0 Å². The van der Waals surface area contributed by atoms with Gasteiger partial charge < -0.3 is 0 Å². The predicted molar refractivity (Wildman–Crippen MR) is 114 cm³/mol. The Kier molecular flexibility index (Phi) is 12.8. The predicted octanol–water partition coefficient (Wildman–Crippen LogP) is 7.26. The van der Waals surface area contributed by atoms with E-state index in [1.54, 1.807) is 0 Å². The van der Waals surface area contributed by atoms with Crippen LogP contribution in [0.2, 0.25) is 0 Å². The summed E-state index contributed by atoms with van der Waals surface area (Å²) in [6.45, 7) is 9.06. The van der Waals surface area contributed by atoms with Crippen LogP contribution in [0, 0.1) is 13.8 Å². The van der Waals surface area contributed by atoms with Crippen molar-refractivity contribution in [1.82, 2.24) is 0 Å². The average Bonchev–Trinajstić information content (AvgIpc) is 3.43. The summed E-state index contributed by atoms with van der Waals surface area (Å²) >= 11 is 0. The Hall–Kier alpha value is -1.56. The summed E-state index contributed by atoms with van der Waals surface area (Å²) in [5.74, 6) is 0. The molecule has 4 aromatic rings. The topological polar surface area (TPSA) is 0 Å². The molecule has 0 heterocycles. The van der Waals surface area contributed by atoms with Crippen LogP contribution in [-0.2, 0) is 39.6 Å². The van der Waals surface area contributed by atoms with Crippen molar-refractivity contribution in [3.05, 3.63) is 119 Å². The Bertz CT molecular complexity index is 713. The van der Waals surface area contributed by atoms with E-state index in [-0.39, 0.29) is 39.6 Å². The van der Waals surface area contributed by atoms with Gasteiger partial charge in [-0.05, 0) is 0 Å². The molecule has 0 aromatic heterocycles. The second-order valence-electron chi connectivity index (χ2n) is 6.86. The molecule has 0 fully saturated rings. The molecule has 0 unspecified atom stereocenters. The third kappa shape index (κ3) is 7.12. The van der Waals surface area contributed by atoms with E-state index in [1.807, 2.05) is 60.7 Å². The van der Waals surface area contributed by atoms with Crippen molar-refractivity contribution in [1.29, 1.82) is 0 Å². The van der Waals surface area contributed by atoms with Gasteiger partial charge in [-0.3, -0.25) is 0 Å². The van der Waals surface area contributed by atoms with Crippen molar-refractivity contribution in [3.63, 3.8) is 0 Å². The van der Waals surface area contributed by atoms with Gasteiger partial charge in [0.05, 0.1) is 0 Å². The zero-order valence-electron chi connectivity index (χ0n) is 17.2. The first-order valence-corrected chi connectivity index (χ1v) is 9.38. The molecule has 4 rings (SSSR count). The maximum Gasteiger partial charge on any atom is 2.00 e. The van der Waals surface area contributed by atoms with Crippen LogP contribution >= 0.6 is 0 Å². The monoisotopic (exact) mass is 454 g/mol. The summed E-state index contributed by atoms with van der Waals surface area (Å²) in [6, 6.07) is 33.3. The first-order valence-electron chi connectivity index (χ1n) is 9.38. The van der Waals surface area contributed by atoms with Crippen LogP contribution < -0.4 is 0 Å². The van der Waals surface area contributed by atoms with Gasteiger partial charge in [0.15, 0.2) is 0 Å². The van der Waals surface area contributed by atoms with Gasteiger partial charge in [-0.1, -0.05) is 39.5 Å². The molecule has 0 saturated carbocycles. The van der Waals surface area contributed by atoms with Gasteiger partial charge in [0.1, 0.15) is 0 Å². The molecule has 0 spiro atoms. The van der Waals surface area contributed by atoms with Gasteiger partial charge in [0, 0.05) is 0 Å². The van der Waals surface area contributed by atoms with E-state index in [9.17, 15) is 0 Å². The van der Waals surface area contributed by atoms with E-state index in [0.29, 0.717) is 0 Å². The van der Waals surface area contributed by atoms with Crippen LogP contribution in [0.15, 0.2) is 97.1 Å². The first kappa shape index (κ1) is 26.4. The molecule has 0 aliphatic carbocycles. The van der Waals surface area contributed by atoms with E-state index in [0.717, 1.165) is 6.42 Å². The second kappa shape index (κ2) is 13.6. The molecule has 150 valence electrons. The second-order valence-corrected chi connectivity index (χ2v) is 6.86. The van der Waals surface area contributed by atoms with E-state index < -0.39 is 0 Å². The van der Waals surface area contributed by atoms with Gasteiger partial charge in [-0.2, -0.15) is 70.8 Å². The number of aryl methyl sites for hydroxylation is 2. The maximum atomic E-state index is 2.36. The van der Waals surface area contributed by atoms with E-state index in [4.69, 9.17) is 0 Å². The largest absolute Gasteiger partial charge is 2.00 e. The van der Waals surface area contributed by atoms with Crippen LogP contribution in [0.25, 0.3) is 0 Å². The fraction of sp³-hybridized carbons (Fsp3) is 0.231. The summed E-state index contributed by atoms with van der Waals surface area (Å²) in [4.78, 5) is 0. The molecule has 0 N–H and O–H groups in total. The first-order chi connectivity index (χ1) is 12.6. The Morgan fingerprint density at radius 2 is 1.07 bits per heavy atom. The summed E-state index contributed by atoms with van der Waals surface area (Å²) in [5, 5.41) is 0. The molecule has 0 radical (unpaired) electrons. The van der Waals surface area contributed by atoms with E-state index in [2.05, 4.69) is 64.1 Å². The third-order valence-electron chi connectivity index (χ3n) is 5.08. The molecule has 0 bridgehead atoms. The fourth-order valence-electron chi connectivity index (χ4n) is 3.43. The standard InChI is InChI=1S/C16H20.2C5H5.2Fe/c1-5-16(4,14-10-6-8-12(14)2)15-11-7-9-13(15)3;2*1-2-4-5-3-1;;/h6-11H,5H2,1-4H3;2*1-5H;;/q-2;2*-1;2*+2. The fourth-order valence-corrected chi connectivity index (χ4v) is 3.43. The molecular weight excluding hydrogens is 424 g/mol. The van der Waals surface area contributed by atoms with Crippen molar-refractivity contribution < 1.29 is 34.1 Å². The minimum absolute atomic E-state index is 0. The molecular formula is C26H30Fe2. The molecule has 0 saturated heterocycles. The van der Waals surface area contributed by atoms with Gasteiger partial charge >= 0.3 is 34.1 Å². The van der Waals surface area contributed by atoms with Crippen LogP contribution in [0.1, 0.15) is 42.5 Å². The zero-order valence-corrected chi connectivity index (χ0v) is 19.4. The van der Waals surface area contributed by atoms with Crippen molar-refractivity contribution in [2.75, 3.05) is 0 Å². The third-order valence-corrected chi connectivity index (χ3v) is 5.08. The summed E-state index contributed by atoms with van der Waals surface area (Å²) in [7, 11) is 0. The van der Waals surface area contributed by atoms with Gasteiger partial charge in [0.25, 0.3) is 0 Å². The summed E-state index contributed by atoms with van der Waals surface area (Å²) in [6.07, 6.45) is 1.14. The Balaban J connectivity index is 0.000000500. The van der Waals surface area contributed by atoms with Crippen LogP contribution in [-0.4, -0.2) is 0 Å². The molecule has 2 heteroatoms. The Morgan fingerprint density at radius 3 is 1.25 bits per heavy atom. The van der Waals surface area contributed by atoms with Crippen molar-refractivity contribution in [2.24, 2.45) is 0 Å². The molecule has 0 aliphatic rings. The van der Waals surface area contributed by atoms with Crippen LogP contribution in [0.3, 0.4) is 0 Å². The molecule has 4 aromatic carbocycles. The Labute approximate surface area is 192 Å². The zero-order chi connectivity index (χ0) is 18.8. The van der Waals surface area contributed by atoms with E-state index in [1.165, 1.54) is 22.3 Å². The van der Waals surface area contributed by atoms with Gasteiger partial charge in [0.2, 0.25) is 0 Å². The Morgan fingerprint density at radius 1 is 0.714 bits per heavy atom. The smallest absolute Gasteiger partial charge is 0.214 e. The quantitative estimate of drug-likeness (QED) is 0.226. The maximum absolute atomic E-state index is 2.36. The van der Waals surface area contributed by atoms with Crippen LogP contribution in [0.4, 0.5) is 0 Å². The van der Waals surface area contributed by atoms with Gasteiger partial charge in [-0.25, -0.2) is 48.5 Å². The normalized spacial score (nSPS) is 9.71. The minimum Gasteiger partial charge on any atom is -0.214 e. The summed E-state index contributed by atoms with van der Waals surface area (Å²) < 4.78 is 0. The number of hydrogen-bond donors (Lipinski definition) is 0. The molecule has 0 nitrogen and oxygen atoms in total. The van der Waals surface area contributed by atoms with Crippen LogP contribution in [0.5, 0.6) is 0 Å². The number of hydrogen-bond acceptors (Lipinski definition) is 0. The number of rotatable bonds is 3. The summed E-state index contributed by atoms with van der Waals surface area (Å²) in [5.41, 5.74) is 5.93.